The first kappa shape index (κ1) is 14.5. The van der Waals surface area contributed by atoms with Gasteiger partial charge in [0, 0.05) is 11.4 Å². The molecule has 5 nitrogen and oxygen atoms in total. The summed E-state index contributed by atoms with van der Waals surface area (Å²) in [5.74, 6) is -0.595. The van der Waals surface area contributed by atoms with Gasteiger partial charge in [-0.3, -0.25) is 4.79 Å². The van der Waals surface area contributed by atoms with Crippen molar-refractivity contribution in [3.05, 3.63) is 16.3 Å². The Hall–Kier alpha value is -1.56. The molecule has 1 aromatic heterocycles. The van der Waals surface area contributed by atoms with E-state index in [4.69, 9.17) is 9.84 Å². The van der Waals surface area contributed by atoms with Crippen molar-refractivity contribution in [2.75, 3.05) is 7.11 Å². The first-order chi connectivity index (χ1) is 8.43. The quantitative estimate of drug-likeness (QED) is 0.829. The average Bonchev–Trinajstić information content (AvgIpc) is 2.75. The standard InChI is InChI=1S/C12H17NO4S/c1-7(2)4-9(12(15)16)13-11(14)10-5-8(17-3)6-18-10/h5-7,9H,4H2,1-3H3,(H,13,14)(H,15,16)/t9-/m1/s1. The molecule has 0 radical (unpaired) electrons. The van der Waals surface area contributed by atoms with Gasteiger partial charge in [-0.15, -0.1) is 11.3 Å². The molecule has 2 N–H and O–H groups in total. The zero-order chi connectivity index (χ0) is 13.7. The molecule has 0 saturated carbocycles. The third kappa shape index (κ3) is 4.03. The predicted molar refractivity (Wildman–Crippen MR) is 69.2 cm³/mol. The van der Waals surface area contributed by atoms with Gasteiger partial charge in [0.05, 0.1) is 12.0 Å². The van der Waals surface area contributed by atoms with Gasteiger partial charge >= 0.3 is 5.97 Å². The van der Waals surface area contributed by atoms with Crippen LogP contribution >= 0.6 is 11.3 Å². The first-order valence-electron chi connectivity index (χ1n) is 5.60. The van der Waals surface area contributed by atoms with E-state index in [0.717, 1.165) is 0 Å². The monoisotopic (exact) mass is 271 g/mol. The van der Waals surface area contributed by atoms with Crippen LogP contribution in [-0.2, 0) is 4.79 Å². The maximum atomic E-state index is 11.9. The minimum atomic E-state index is -1.01. The van der Waals surface area contributed by atoms with Crippen LogP contribution in [0.1, 0.15) is 29.9 Å². The second kappa shape index (κ2) is 6.39. The largest absolute Gasteiger partial charge is 0.496 e. The third-order valence-corrected chi connectivity index (χ3v) is 3.25. The smallest absolute Gasteiger partial charge is 0.326 e. The van der Waals surface area contributed by atoms with Crippen molar-refractivity contribution < 1.29 is 19.4 Å². The molecule has 0 aliphatic rings. The summed E-state index contributed by atoms with van der Waals surface area (Å²) in [6, 6.07) is 0.736. The van der Waals surface area contributed by atoms with Crippen LogP contribution in [0.25, 0.3) is 0 Å². The Morgan fingerprint density at radius 2 is 2.17 bits per heavy atom. The minimum Gasteiger partial charge on any atom is -0.496 e. The fourth-order valence-electron chi connectivity index (χ4n) is 1.47. The van der Waals surface area contributed by atoms with Crippen LogP contribution < -0.4 is 10.1 Å². The van der Waals surface area contributed by atoms with Crippen LogP contribution in [0.5, 0.6) is 5.75 Å². The number of nitrogens with one attached hydrogen (secondary N) is 1. The molecular formula is C12H17NO4S. The fourth-order valence-corrected chi connectivity index (χ4v) is 2.22. The Morgan fingerprint density at radius 1 is 1.50 bits per heavy atom. The van der Waals surface area contributed by atoms with Gasteiger partial charge in [-0.1, -0.05) is 13.8 Å². The Morgan fingerprint density at radius 3 is 2.61 bits per heavy atom. The highest BCUT2D eigenvalue weighted by Gasteiger charge is 2.22. The van der Waals surface area contributed by atoms with E-state index in [0.29, 0.717) is 17.0 Å². The number of amides is 1. The SMILES string of the molecule is COc1csc(C(=O)N[C@H](CC(C)C)C(=O)O)c1. The topological polar surface area (TPSA) is 75.6 Å². The molecule has 0 fully saturated rings. The van der Waals surface area contributed by atoms with E-state index in [2.05, 4.69) is 5.32 Å². The van der Waals surface area contributed by atoms with Crippen molar-refractivity contribution in [2.45, 2.75) is 26.3 Å². The molecule has 100 valence electrons. The number of hydrogen-bond donors (Lipinski definition) is 2. The summed E-state index contributed by atoms with van der Waals surface area (Å²) in [6.07, 6.45) is 0.406. The number of aliphatic carboxylic acids is 1. The van der Waals surface area contributed by atoms with E-state index in [9.17, 15) is 9.59 Å². The maximum Gasteiger partial charge on any atom is 0.326 e. The second-order valence-electron chi connectivity index (χ2n) is 4.34. The molecule has 1 atom stereocenters. The lowest BCUT2D eigenvalue weighted by Gasteiger charge is -2.15. The molecule has 0 aliphatic heterocycles. The van der Waals surface area contributed by atoms with Crippen molar-refractivity contribution in [1.82, 2.24) is 5.32 Å². The molecule has 0 saturated heterocycles. The van der Waals surface area contributed by atoms with E-state index in [1.165, 1.54) is 18.4 Å². The number of carboxylic acid groups (broad SMARTS) is 1. The summed E-state index contributed by atoms with van der Waals surface area (Å²) < 4.78 is 4.98. The highest BCUT2D eigenvalue weighted by atomic mass is 32.1. The van der Waals surface area contributed by atoms with E-state index in [1.54, 1.807) is 11.4 Å². The van der Waals surface area contributed by atoms with Crippen molar-refractivity contribution in [3.8, 4) is 5.75 Å². The molecular weight excluding hydrogens is 254 g/mol. The Kier molecular flexibility index (Phi) is 5.15. The second-order valence-corrected chi connectivity index (χ2v) is 5.26. The number of carbonyl (C=O) groups excluding carboxylic acids is 1. The fraction of sp³-hybridized carbons (Fsp3) is 0.500. The van der Waals surface area contributed by atoms with Crippen molar-refractivity contribution >= 4 is 23.2 Å². The summed E-state index contributed by atoms with van der Waals surface area (Å²) in [6.45, 7) is 3.83. The molecule has 0 spiro atoms. The van der Waals surface area contributed by atoms with Crippen molar-refractivity contribution in [3.63, 3.8) is 0 Å². The van der Waals surface area contributed by atoms with Gasteiger partial charge in [0.15, 0.2) is 0 Å². The third-order valence-electron chi connectivity index (χ3n) is 2.35. The number of hydrogen-bond acceptors (Lipinski definition) is 4. The predicted octanol–water partition coefficient (Wildman–Crippen LogP) is 1.99. The van der Waals surface area contributed by atoms with Crippen LogP contribution in [0.15, 0.2) is 11.4 Å². The van der Waals surface area contributed by atoms with Gasteiger partial charge in [0.1, 0.15) is 11.8 Å². The number of carboxylic acids is 1. The maximum absolute atomic E-state index is 11.9. The molecule has 1 aromatic rings. The van der Waals surface area contributed by atoms with Gasteiger partial charge in [-0.2, -0.15) is 0 Å². The van der Waals surface area contributed by atoms with Gasteiger partial charge in [-0.25, -0.2) is 4.79 Å². The Balaban J connectivity index is 2.69. The number of thiophene rings is 1. The number of carbonyl (C=O) groups is 2. The Labute approximate surface area is 110 Å². The van der Waals surface area contributed by atoms with E-state index >= 15 is 0 Å². The molecule has 1 amide bonds. The lowest BCUT2D eigenvalue weighted by molar-refractivity contribution is -0.139. The lowest BCUT2D eigenvalue weighted by atomic mass is 10.0. The lowest BCUT2D eigenvalue weighted by Crippen LogP contribution is -2.41. The van der Waals surface area contributed by atoms with Crippen LogP contribution in [0.4, 0.5) is 0 Å². The van der Waals surface area contributed by atoms with Crippen molar-refractivity contribution in [2.24, 2.45) is 5.92 Å². The molecule has 0 aromatic carbocycles. The number of ether oxygens (including phenoxy) is 1. The number of rotatable bonds is 6. The molecule has 1 rings (SSSR count). The molecule has 1 heterocycles. The van der Waals surface area contributed by atoms with Crippen LogP contribution in [0, 0.1) is 5.92 Å². The molecule has 6 heteroatoms. The van der Waals surface area contributed by atoms with E-state index < -0.39 is 12.0 Å². The van der Waals surface area contributed by atoms with Gasteiger partial charge in [0.2, 0.25) is 0 Å². The van der Waals surface area contributed by atoms with Gasteiger partial charge in [-0.05, 0) is 12.3 Å². The van der Waals surface area contributed by atoms with Crippen LogP contribution in [0.2, 0.25) is 0 Å². The molecule has 0 unspecified atom stereocenters. The number of methoxy groups -OCH3 is 1. The summed E-state index contributed by atoms with van der Waals surface area (Å²) in [5, 5.41) is 13.3. The van der Waals surface area contributed by atoms with Crippen LogP contribution in [-0.4, -0.2) is 30.1 Å². The van der Waals surface area contributed by atoms with Gasteiger partial charge in [0.25, 0.3) is 5.91 Å². The molecule has 0 aliphatic carbocycles. The van der Waals surface area contributed by atoms with Crippen LogP contribution in [0.3, 0.4) is 0 Å². The molecule has 18 heavy (non-hydrogen) atoms. The normalized spacial score (nSPS) is 12.2. The summed E-state index contributed by atoms with van der Waals surface area (Å²) in [5.41, 5.74) is 0. The van der Waals surface area contributed by atoms with E-state index in [1.807, 2.05) is 13.8 Å². The highest BCUT2D eigenvalue weighted by molar-refractivity contribution is 7.12. The Bertz CT molecular complexity index is 427. The first-order valence-corrected chi connectivity index (χ1v) is 6.48. The van der Waals surface area contributed by atoms with Gasteiger partial charge < -0.3 is 15.2 Å². The zero-order valence-corrected chi connectivity index (χ0v) is 11.4. The zero-order valence-electron chi connectivity index (χ0n) is 10.6. The van der Waals surface area contributed by atoms with Crippen molar-refractivity contribution in [1.29, 1.82) is 0 Å². The summed E-state index contributed by atoms with van der Waals surface area (Å²) >= 11 is 1.22. The molecule has 0 bridgehead atoms. The average molecular weight is 271 g/mol. The summed E-state index contributed by atoms with van der Waals surface area (Å²) in [7, 11) is 1.52. The summed E-state index contributed by atoms with van der Waals surface area (Å²) in [4.78, 5) is 23.3. The minimum absolute atomic E-state index is 0.198. The highest BCUT2D eigenvalue weighted by Crippen LogP contribution is 2.21. The van der Waals surface area contributed by atoms with E-state index in [-0.39, 0.29) is 11.8 Å².